The van der Waals surface area contributed by atoms with Crippen molar-refractivity contribution in [3.63, 3.8) is 0 Å². The molecule has 0 spiro atoms. The molecule has 0 saturated carbocycles. The molecule has 0 aliphatic heterocycles. The Hall–Kier alpha value is -1.61. The molecule has 4 heteroatoms. The van der Waals surface area contributed by atoms with E-state index in [0.717, 1.165) is 28.0 Å². The monoisotopic (exact) mass is 262 g/mol. The van der Waals surface area contributed by atoms with Crippen molar-refractivity contribution in [3.8, 4) is 11.6 Å². The van der Waals surface area contributed by atoms with Crippen LogP contribution in [-0.4, -0.2) is 10.2 Å². The lowest BCUT2D eigenvalue weighted by molar-refractivity contribution is 0.447. The van der Waals surface area contributed by atoms with Gasteiger partial charge in [-0.2, -0.15) is 0 Å². The fourth-order valence-electron chi connectivity index (χ4n) is 1.57. The predicted octanol–water partition coefficient (Wildman–Crippen LogP) is 4.16. The van der Waals surface area contributed by atoms with Gasteiger partial charge in [0, 0.05) is 5.56 Å². The third-order valence-corrected chi connectivity index (χ3v) is 3.33. The third-order valence-electron chi connectivity index (χ3n) is 2.97. The summed E-state index contributed by atoms with van der Waals surface area (Å²) in [4.78, 5) is 0. The van der Waals surface area contributed by atoms with Gasteiger partial charge in [-0.05, 0) is 50.5 Å². The summed E-state index contributed by atoms with van der Waals surface area (Å²) in [5, 5.41) is 8.30. The molecule has 2 aromatic rings. The lowest BCUT2D eigenvalue weighted by atomic mass is 10.1. The number of benzene rings is 1. The van der Waals surface area contributed by atoms with Gasteiger partial charge >= 0.3 is 0 Å². The standard InChI is InChI=1S/C14H15ClN2O/c1-8-5-6-9(2)12(7-8)18-14-11(4)10(3)13(15)16-17-14/h5-7H,1-4H3. The zero-order chi connectivity index (χ0) is 13.3. The zero-order valence-corrected chi connectivity index (χ0v) is 11.7. The predicted molar refractivity (Wildman–Crippen MR) is 72.5 cm³/mol. The highest BCUT2D eigenvalue weighted by Gasteiger charge is 2.11. The van der Waals surface area contributed by atoms with Crippen LogP contribution in [0.5, 0.6) is 11.6 Å². The van der Waals surface area contributed by atoms with Crippen LogP contribution in [0.15, 0.2) is 18.2 Å². The van der Waals surface area contributed by atoms with Crippen LogP contribution in [-0.2, 0) is 0 Å². The molecule has 18 heavy (non-hydrogen) atoms. The number of hydrogen-bond acceptors (Lipinski definition) is 3. The van der Waals surface area contributed by atoms with Crippen LogP contribution in [0, 0.1) is 27.7 Å². The SMILES string of the molecule is Cc1ccc(C)c(Oc2nnc(Cl)c(C)c2C)c1. The number of nitrogens with zero attached hydrogens (tertiary/aromatic N) is 2. The number of rotatable bonds is 2. The van der Waals surface area contributed by atoms with E-state index in [1.807, 2.05) is 45.9 Å². The van der Waals surface area contributed by atoms with Crippen molar-refractivity contribution in [1.29, 1.82) is 0 Å². The van der Waals surface area contributed by atoms with Gasteiger partial charge < -0.3 is 4.74 Å². The fourth-order valence-corrected chi connectivity index (χ4v) is 1.75. The Morgan fingerprint density at radius 2 is 1.72 bits per heavy atom. The molecule has 0 saturated heterocycles. The highest BCUT2D eigenvalue weighted by atomic mass is 35.5. The molecule has 0 aliphatic rings. The summed E-state index contributed by atoms with van der Waals surface area (Å²) in [7, 11) is 0. The van der Waals surface area contributed by atoms with E-state index >= 15 is 0 Å². The molecular formula is C14H15ClN2O. The summed E-state index contributed by atoms with van der Waals surface area (Å²) < 4.78 is 5.82. The Kier molecular flexibility index (Phi) is 3.53. The summed E-state index contributed by atoms with van der Waals surface area (Å²) in [5.74, 6) is 1.31. The van der Waals surface area contributed by atoms with Crippen LogP contribution in [0.25, 0.3) is 0 Å². The lowest BCUT2D eigenvalue weighted by Crippen LogP contribution is -1.98. The van der Waals surface area contributed by atoms with E-state index in [2.05, 4.69) is 10.2 Å². The fraction of sp³-hybridized carbons (Fsp3) is 0.286. The molecule has 0 aliphatic carbocycles. The maximum Gasteiger partial charge on any atom is 0.242 e. The van der Waals surface area contributed by atoms with Gasteiger partial charge in [-0.3, -0.25) is 0 Å². The molecule has 94 valence electrons. The number of halogens is 1. The maximum atomic E-state index is 5.92. The molecule has 0 unspecified atom stereocenters. The normalized spacial score (nSPS) is 10.5. The van der Waals surface area contributed by atoms with E-state index < -0.39 is 0 Å². The minimum absolute atomic E-state index is 0.417. The molecule has 0 atom stereocenters. The molecule has 3 nitrogen and oxygen atoms in total. The second-order valence-corrected chi connectivity index (χ2v) is 4.77. The van der Waals surface area contributed by atoms with Crippen LogP contribution in [0.4, 0.5) is 0 Å². The van der Waals surface area contributed by atoms with Crippen molar-refractivity contribution >= 4 is 11.6 Å². The van der Waals surface area contributed by atoms with Crippen molar-refractivity contribution in [2.45, 2.75) is 27.7 Å². The van der Waals surface area contributed by atoms with Gasteiger partial charge in [-0.1, -0.05) is 23.7 Å². The van der Waals surface area contributed by atoms with Crippen molar-refractivity contribution < 1.29 is 4.74 Å². The minimum Gasteiger partial charge on any atom is -0.437 e. The van der Waals surface area contributed by atoms with Crippen LogP contribution < -0.4 is 4.74 Å². The number of ether oxygens (including phenoxy) is 1. The van der Waals surface area contributed by atoms with Gasteiger partial charge in [0.15, 0.2) is 5.15 Å². The summed E-state index contributed by atoms with van der Waals surface area (Å²) in [6.07, 6.45) is 0. The van der Waals surface area contributed by atoms with Gasteiger partial charge in [0.05, 0.1) is 0 Å². The van der Waals surface area contributed by atoms with Crippen molar-refractivity contribution in [3.05, 3.63) is 45.6 Å². The quantitative estimate of drug-likeness (QED) is 0.815. The summed E-state index contributed by atoms with van der Waals surface area (Å²) in [6, 6.07) is 6.06. The van der Waals surface area contributed by atoms with Crippen LogP contribution in [0.3, 0.4) is 0 Å². The Morgan fingerprint density at radius 1 is 1.00 bits per heavy atom. The van der Waals surface area contributed by atoms with E-state index in [1.54, 1.807) is 0 Å². The zero-order valence-electron chi connectivity index (χ0n) is 10.9. The second kappa shape index (κ2) is 4.94. The van der Waals surface area contributed by atoms with Crippen LogP contribution >= 0.6 is 11.6 Å². The molecule has 0 amide bonds. The third kappa shape index (κ3) is 2.46. The molecule has 0 N–H and O–H groups in total. The number of hydrogen-bond donors (Lipinski definition) is 0. The Morgan fingerprint density at radius 3 is 2.44 bits per heavy atom. The van der Waals surface area contributed by atoms with E-state index in [-0.39, 0.29) is 0 Å². The van der Waals surface area contributed by atoms with E-state index in [4.69, 9.17) is 16.3 Å². The van der Waals surface area contributed by atoms with Gasteiger partial charge in [0.2, 0.25) is 5.88 Å². The lowest BCUT2D eigenvalue weighted by Gasteiger charge is -2.11. The molecule has 0 bridgehead atoms. The van der Waals surface area contributed by atoms with Crippen molar-refractivity contribution in [2.24, 2.45) is 0 Å². The number of aromatic nitrogens is 2. The first-order valence-corrected chi connectivity index (χ1v) is 6.11. The summed E-state index contributed by atoms with van der Waals surface area (Å²) in [6.45, 7) is 7.86. The smallest absolute Gasteiger partial charge is 0.242 e. The highest BCUT2D eigenvalue weighted by Crippen LogP contribution is 2.29. The first-order valence-electron chi connectivity index (χ1n) is 5.73. The van der Waals surface area contributed by atoms with Gasteiger partial charge in [-0.15, -0.1) is 10.2 Å². The van der Waals surface area contributed by atoms with Gasteiger partial charge in [0.25, 0.3) is 0 Å². The molecular weight excluding hydrogens is 248 g/mol. The molecule has 1 aromatic carbocycles. The largest absolute Gasteiger partial charge is 0.437 e. The minimum atomic E-state index is 0.417. The molecule has 0 radical (unpaired) electrons. The van der Waals surface area contributed by atoms with E-state index in [0.29, 0.717) is 11.0 Å². The highest BCUT2D eigenvalue weighted by molar-refractivity contribution is 6.30. The molecule has 0 fully saturated rings. The Labute approximate surface area is 112 Å². The number of aryl methyl sites for hydroxylation is 2. The second-order valence-electron chi connectivity index (χ2n) is 4.42. The Balaban J connectivity index is 2.40. The van der Waals surface area contributed by atoms with Crippen molar-refractivity contribution in [2.75, 3.05) is 0 Å². The van der Waals surface area contributed by atoms with E-state index in [9.17, 15) is 0 Å². The average molecular weight is 263 g/mol. The topological polar surface area (TPSA) is 35.0 Å². The average Bonchev–Trinajstić information content (AvgIpc) is 2.34. The summed E-state index contributed by atoms with van der Waals surface area (Å²) in [5.41, 5.74) is 4.02. The first kappa shape index (κ1) is 12.8. The summed E-state index contributed by atoms with van der Waals surface area (Å²) >= 11 is 5.92. The van der Waals surface area contributed by atoms with Crippen LogP contribution in [0.1, 0.15) is 22.3 Å². The van der Waals surface area contributed by atoms with Gasteiger partial charge in [-0.25, -0.2) is 0 Å². The van der Waals surface area contributed by atoms with Crippen molar-refractivity contribution in [1.82, 2.24) is 10.2 Å². The Bertz CT molecular complexity index is 597. The molecule has 1 heterocycles. The maximum absolute atomic E-state index is 5.92. The van der Waals surface area contributed by atoms with Crippen LogP contribution in [0.2, 0.25) is 5.15 Å². The molecule has 1 aromatic heterocycles. The van der Waals surface area contributed by atoms with Gasteiger partial charge in [0.1, 0.15) is 5.75 Å². The molecule has 2 rings (SSSR count). The first-order chi connectivity index (χ1) is 8.49. The van der Waals surface area contributed by atoms with E-state index in [1.165, 1.54) is 0 Å².